The topological polar surface area (TPSA) is 21.3 Å². The molecule has 98 valence electrons. The first-order chi connectivity index (χ1) is 8.77. The van der Waals surface area contributed by atoms with Gasteiger partial charge >= 0.3 is 0 Å². The lowest BCUT2D eigenvalue weighted by Gasteiger charge is -2.14. The highest BCUT2D eigenvalue weighted by Gasteiger charge is 2.04. The fraction of sp³-hybridized carbons (Fsp3) is 0.500. The maximum atomic E-state index is 5.43. The number of ether oxygens (including phenoxy) is 1. The highest BCUT2D eigenvalue weighted by Crippen LogP contribution is 2.17. The molecule has 2 nitrogen and oxygen atoms in total. The number of unbranched alkanes of at least 4 members (excludes halogenated alkanes) is 2. The number of terminal acetylenes is 1. The highest BCUT2D eigenvalue weighted by molar-refractivity contribution is 5.28. The number of benzene rings is 1. The van der Waals surface area contributed by atoms with Gasteiger partial charge in [0.15, 0.2) is 0 Å². The summed E-state index contributed by atoms with van der Waals surface area (Å²) in [5.74, 6) is 3.60. The first-order valence-corrected chi connectivity index (χ1v) is 6.67. The number of hydrogen-bond acceptors (Lipinski definition) is 2. The summed E-state index contributed by atoms with van der Waals surface area (Å²) in [5.41, 5.74) is 1.29. The molecule has 0 radical (unpaired) electrons. The summed E-state index contributed by atoms with van der Waals surface area (Å²) in [6, 6.07) is 8.64. The molecule has 1 atom stereocenters. The predicted molar refractivity (Wildman–Crippen MR) is 76.7 cm³/mol. The third kappa shape index (κ3) is 5.25. The molecular weight excluding hydrogens is 222 g/mol. The molecule has 1 aromatic rings. The van der Waals surface area contributed by atoms with Gasteiger partial charge in [-0.2, -0.15) is 0 Å². The van der Waals surface area contributed by atoms with Crippen LogP contribution in [0.5, 0.6) is 5.75 Å². The quantitative estimate of drug-likeness (QED) is 0.559. The van der Waals surface area contributed by atoms with Crippen molar-refractivity contribution in [3.63, 3.8) is 0 Å². The first-order valence-electron chi connectivity index (χ1n) is 6.67. The molecule has 0 aliphatic rings. The van der Waals surface area contributed by atoms with Crippen LogP contribution in [-0.2, 0) is 0 Å². The van der Waals surface area contributed by atoms with Crippen LogP contribution in [0, 0.1) is 12.3 Å². The highest BCUT2D eigenvalue weighted by atomic mass is 16.5. The third-order valence-electron chi connectivity index (χ3n) is 2.89. The van der Waals surface area contributed by atoms with E-state index < -0.39 is 0 Å². The van der Waals surface area contributed by atoms with E-state index in [2.05, 4.69) is 30.3 Å². The smallest absolute Gasteiger partial charge is 0.119 e. The molecule has 18 heavy (non-hydrogen) atoms. The van der Waals surface area contributed by atoms with Gasteiger partial charge in [0.25, 0.3) is 0 Å². The molecule has 0 spiro atoms. The van der Waals surface area contributed by atoms with Gasteiger partial charge in [-0.15, -0.1) is 12.3 Å². The summed E-state index contributed by atoms with van der Waals surface area (Å²) in [7, 11) is 0. The van der Waals surface area contributed by atoms with E-state index in [1.165, 1.54) is 5.56 Å². The van der Waals surface area contributed by atoms with E-state index in [-0.39, 0.29) is 0 Å². The molecule has 0 bridgehead atoms. The summed E-state index contributed by atoms with van der Waals surface area (Å²) in [4.78, 5) is 0. The maximum Gasteiger partial charge on any atom is 0.119 e. The van der Waals surface area contributed by atoms with Gasteiger partial charge < -0.3 is 10.1 Å². The molecule has 0 saturated heterocycles. The summed E-state index contributed by atoms with van der Waals surface area (Å²) >= 11 is 0. The summed E-state index contributed by atoms with van der Waals surface area (Å²) in [6.45, 7) is 5.89. The van der Waals surface area contributed by atoms with Crippen LogP contribution in [0.4, 0.5) is 0 Å². The summed E-state index contributed by atoms with van der Waals surface area (Å²) in [6.07, 6.45) is 8.32. The molecule has 0 amide bonds. The lowest BCUT2D eigenvalue weighted by Crippen LogP contribution is -2.19. The average molecular weight is 245 g/mol. The zero-order chi connectivity index (χ0) is 13.2. The van der Waals surface area contributed by atoms with Crippen LogP contribution in [0.15, 0.2) is 24.3 Å². The Morgan fingerprint density at radius 2 is 2.00 bits per heavy atom. The van der Waals surface area contributed by atoms with Crippen LogP contribution in [0.3, 0.4) is 0 Å². The molecule has 0 heterocycles. The molecule has 1 N–H and O–H groups in total. The molecule has 0 aliphatic carbocycles. The molecular formula is C16H23NO. The fourth-order valence-corrected chi connectivity index (χ4v) is 1.81. The van der Waals surface area contributed by atoms with Gasteiger partial charge in [0.05, 0.1) is 6.61 Å². The van der Waals surface area contributed by atoms with Gasteiger partial charge in [0.2, 0.25) is 0 Å². The van der Waals surface area contributed by atoms with Crippen LogP contribution >= 0.6 is 0 Å². The van der Waals surface area contributed by atoms with E-state index in [0.717, 1.165) is 31.6 Å². The van der Waals surface area contributed by atoms with Crippen LogP contribution in [-0.4, -0.2) is 13.2 Å². The van der Waals surface area contributed by atoms with Gasteiger partial charge in [-0.05, 0) is 50.9 Å². The van der Waals surface area contributed by atoms with E-state index in [1.54, 1.807) is 0 Å². The second-order valence-electron chi connectivity index (χ2n) is 4.34. The molecule has 1 aromatic carbocycles. The fourth-order valence-electron chi connectivity index (χ4n) is 1.81. The van der Waals surface area contributed by atoms with Gasteiger partial charge in [-0.1, -0.05) is 12.1 Å². The molecule has 0 saturated carbocycles. The second kappa shape index (κ2) is 8.60. The Morgan fingerprint density at radius 1 is 1.28 bits per heavy atom. The average Bonchev–Trinajstić information content (AvgIpc) is 2.39. The lowest BCUT2D eigenvalue weighted by atomic mass is 10.1. The van der Waals surface area contributed by atoms with E-state index in [4.69, 9.17) is 11.2 Å². The lowest BCUT2D eigenvalue weighted by molar-refractivity contribution is 0.340. The Hall–Kier alpha value is -1.46. The normalized spacial score (nSPS) is 11.8. The number of nitrogens with one attached hydrogen (secondary N) is 1. The molecule has 0 aromatic heterocycles. The Bertz CT molecular complexity index is 364. The largest absolute Gasteiger partial charge is 0.494 e. The van der Waals surface area contributed by atoms with Crippen molar-refractivity contribution in [2.45, 2.75) is 39.2 Å². The Balaban J connectivity index is 2.32. The molecule has 0 fully saturated rings. The van der Waals surface area contributed by atoms with Crippen molar-refractivity contribution >= 4 is 0 Å². The van der Waals surface area contributed by atoms with Gasteiger partial charge in [-0.25, -0.2) is 0 Å². The van der Waals surface area contributed by atoms with Crippen LogP contribution in [0.25, 0.3) is 0 Å². The van der Waals surface area contributed by atoms with E-state index in [0.29, 0.717) is 12.6 Å². The monoisotopic (exact) mass is 245 g/mol. The van der Waals surface area contributed by atoms with Crippen molar-refractivity contribution in [2.24, 2.45) is 0 Å². The summed E-state index contributed by atoms with van der Waals surface area (Å²) < 4.78 is 5.43. The van der Waals surface area contributed by atoms with E-state index >= 15 is 0 Å². The van der Waals surface area contributed by atoms with Crippen molar-refractivity contribution < 1.29 is 4.74 Å². The van der Waals surface area contributed by atoms with Crippen molar-refractivity contribution in [3.8, 4) is 18.1 Å². The van der Waals surface area contributed by atoms with E-state index in [1.807, 2.05) is 19.1 Å². The van der Waals surface area contributed by atoms with Crippen LogP contribution < -0.4 is 10.1 Å². The number of hydrogen-bond donors (Lipinski definition) is 1. The number of rotatable bonds is 8. The van der Waals surface area contributed by atoms with E-state index in [9.17, 15) is 0 Å². The Labute approximate surface area is 111 Å². The second-order valence-corrected chi connectivity index (χ2v) is 4.34. The van der Waals surface area contributed by atoms with Gasteiger partial charge in [0.1, 0.15) is 5.75 Å². The predicted octanol–water partition coefficient (Wildman–Crippen LogP) is 3.54. The molecule has 1 rings (SSSR count). The standard InChI is InChI=1S/C16H23NO/c1-4-6-7-8-13-17-14(3)15-9-11-16(12-10-15)18-5-2/h1,9-12,14,17H,5-8,13H2,2-3H3. The van der Waals surface area contributed by atoms with Gasteiger partial charge in [-0.3, -0.25) is 0 Å². The minimum atomic E-state index is 0.367. The van der Waals surface area contributed by atoms with Gasteiger partial charge in [0, 0.05) is 12.5 Å². The minimum Gasteiger partial charge on any atom is -0.494 e. The zero-order valence-electron chi connectivity index (χ0n) is 11.4. The summed E-state index contributed by atoms with van der Waals surface area (Å²) in [5, 5.41) is 3.50. The SMILES string of the molecule is C#CCCCCNC(C)c1ccc(OCC)cc1. The van der Waals surface area contributed by atoms with Crippen LogP contribution in [0.2, 0.25) is 0 Å². The van der Waals surface area contributed by atoms with Crippen molar-refractivity contribution in [1.29, 1.82) is 0 Å². The Kier molecular flexibility index (Phi) is 6.98. The molecule has 0 aliphatic heterocycles. The van der Waals surface area contributed by atoms with Crippen LogP contribution in [0.1, 0.15) is 44.7 Å². The zero-order valence-corrected chi connectivity index (χ0v) is 11.4. The molecule has 2 heteroatoms. The Morgan fingerprint density at radius 3 is 2.61 bits per heavy atom. The van der Waals surface area contributed by atoms with Crippen molar-refractivity contribution in [3.05, 3.63) is 29.8 Å². The maximum absolute atomic E-state index is 5.43. The van der Waals surface area contributed by atoms with Crippen molar-refractivity contribution in [2.75, 3.05) is 13.2 Å². The third-order valence-corrected chi connectivity index (χ3v) is 2.89. The minimum absolute atomic E-state index is 0.367. The molecule has 1 unspecified atom stereocenters. The first kappa shape index (κ1) is 14.6. The van der Waals surface area contributed by atoms with Crippen molar-refractivity contribution in [1.82, 2.24) is 5.32 Å².